The Labute approximate surface area is 109 Å². The predicted molar refractivity (Wildman–Crippen MR) is 66.3 cm³/mol. The number of carboxylic acid groups (broad SMARTS) is 1. The van der Waals surface area contributed by atoms with E-state index in [4.69, 9.17) is 5.11 Å². The molecule has 0 heterocycles. The molecule has 106 valence electrons. The summed E-state index contributed by atoms with van der Waals surface area (Å²) < 4.78 is 37.8. The van der Waals surface area contributed by atoms with E-state index in [9.17, 15) is 18.0 Å². The lowest BCUT2D eigenvalue weighted by Gasteiger charge is -2.13. The van der Waals surface area contributed by atoms with E-state index >= 15 is 0 Å². The summed E-state index contributed by atoms with van der Waals surface area (Å²) >= 11 is 0. The van der Waals surface area contributed by atoms with Gasteiger partial charge in [-0.25, -0.2) is 4.79 Å². The molecular weight excluding hydrogens is 259 g/mol. The molecule has 1 rings (SSSR count). The molecule has 1 aromatic rings. The summed E-state index contributed by atoms with van der Waals surface area (Å²) in [7, 11) is 0. The summed E-state index contributed by atoms with van der Waals surface area (Å²) in [5.74, 6) is -1.12. The van der Waals surface area contributed by atoms with Crippen molar-refractivity contribution in [2.75, 3.05) is 11.9 Å². The number of halogens is 3. The lowest BCUT2D eigenvalue weighted by atomic mass is 10.1. The van der Waals surface area contributed by atoms with Crippen LogP contribution in [0, 0.1) is 5.92 Å². The molecule has 0 radical (unpaired) electrons. The van der Waals surface area contributed by atoms with Crippen LogP contribution >= 0.6 is 0 Å². The van der Waals surface area contributed by atoms with Gasteiger partial charge >= 0.3 is 12.1 Å². The molecule has 2 N–H and O–H groups in total. The van der Waals surface area contributed by atoms with Gasteiger partial charge < -0.3 is 10.4 Å². The smallest absolute Gasteiger partial charge is 0.417 e. The molecular formula is C13H16F3NO2. The summed E-state index contributed by atoms with van der Waals surface area (Å²) in [4.78, 5) is 10.9. The first-order valence-corrected chi connectivity index (χ1v) is 5.90. The molecule has 0 saturated heterocycles. The number of alkyl halides is 3. The maximum absolute atomic E-state index is 12.6. The minimum Gasteiger partial charge on any atom is -0.478 e. The molecule has 19 heavy (non-hydrogen) atoms. The van der Waals surface area contributed by atoms with Crippen molar-refractivity contribution in [1.29, 1.82) is 0 Å². The van der Waals surface area contributed by atoms with Crippen molar-refractivity contribution >= 4 is 11.7 Å². The summed E-state index contributed by atoms with van der Waals surface area (Å²) in [6.07, 6.45) is -3.81. The number of aromatic carboxylic acids is 1. The molecule has 0 aliphatic carbocycles. The van der Waals surface area contributed by atoms with E-state index in [1.807, 2.05) is 13.8 Å². The predicted octanol–water partition coefficient (Wildman–Crippen LogP) is 3.86. The second-order valence-corrected chi connectivity index (χ2v) is 4.67. The first-order chi connectivity index (χ1) is 8.71. The van der Waals surface area contributed by atoms with Crippen LogP contribution in [0.15, 0.2) is 18.2 Å². The molecule has 0 atom stereocenters. The van der Waals surface area contributed by atoms with Crippen LogP contribution in [0.2, 0.25) is 0 Å². The maximum Gasteiger partial charge on any atom is 0.417 e. The summed E-state index contributed by atoms with van der Waals surface area (Å²) in [5.41, 5.74) is -1.48. The molecule has 0 unspecified atom stereocenters. The highest BCUT2D eigenvalue weighted by molar-refractivity contribution is 5.91. The first-order valence-electron chi connectivity index (χ1n) is 5.90. The number of hydrogen-bond acceptors (Lipinski definition) is 2. The van der Waals surface area contributed by atoms with Gasteiger partial charge in [0.25, 0.3) is 0 Å². The van der Waals surface area contributed by atoms with Crippen LogP contribution in [-0.4, -0.2) is 17.6 Å². The Kier molecular flexibility index (Phi) is 4.80. The Hall–Kier alpha value is -1.72. The minimum atomic E-state index is -4.66. The van der Waals surface area contributed by atoms with Gasteiger partial charge in [-0.05, 0) is 30.5 Å². The third-order valence-corrected chi connectivity index (χ3v) is 2.61. The number of rotatable bonds is 5. The van der Waals surface area contributed by atoms with E-state index in [0.29, 0.717) is 18.2 Å². The van der Waals surface area contributed by atoms with E-state index in [-0.39, 0.29) is 0 Å². The molecule has 0 fully saturated rings. The van der Waals surface area contributed by atoms with Crippen LogP contribution in [0.25, 0.3) is 0 Å². The fourth-order valence-corrected chi connectivity index (χ4v) is 1.58. The highest BCUT2D eigenvalue weighted by Gasteiger charge is 2.35. The molecule has 0 aliphatic rings. The normalized spacial score (nSPS) is 11.7. The van der Waals surface area contributed by atoms with Gasteiger partial charge in [-0.3, -0.25) is 0 Å². The van der Waals surface area contributed by atoms with Gasteiger partial charge in [-0.15, -0.1) is 0 Å². The van der Waals surface area contributed by atoms with Crippen molar-refractivity contribution in [3.05, 3.63) is 29.3 Å². The summed E-state index contributed by atoms with van der Waals surface area (Å²) in [6.45, 7) is 4.64. The summed E-state index contributed by atoms with van der Waals surface area (Å²) in [6, 6.07) is 3.06. The Balaban J connectivity index is 2.94. The molecule has 6 heteroatoms. The topological polar surface area (TPSA) is 49.3 Å². The van der Waals surface area contributed by atoms with E-state index in [1.165, 1.54) is 6.07 Å². The third kappa shape index (κ3) is 4.46. The van der Waals surface area contributed by atoms with Crippen molar-refractivity contribution in [1.82, 2.24) is 0 Å². The first kappa shape index (κ1) is 15.3. The number of anilines is 1. The zero-order chi connectivity index (χ0) is 14.6. The Bertz CT molecular complexity index is 456. The van der Waals surface area contributed by atoms with Crippen molar-refractivity contribution < 1.29 is 23.1 Å². The zero-order valence-corrected chi connectivity index (χ0v) is 10.7. The average molecular weight is 275 g/mol. The van der Waals surface area contributed by atoms with Crippen molar-refractivity contribution in [2.45, 2.75) is 26.4 Å². The van der Waals surface area contributed by atoms with Crippen molar-refractivity contribution in [3.63, 3.8) is 0 Å². The molecule has 0 saturated carbocycles. The molecule has 1 aromatic carbocycles. The third-order valence-electron chi connectivity index (χ3n) is 2.61. The largest absolute Gasteiger partial charge is 0.478 e. The van der Waals surface area contributed by atoms with Crippen molar-refractivity contribution in [2.24, 2.45) is 5.92 Å². The van der Waals surface area contributed by atoms with Gasteiger partial charge in [-0.1, -0.05) is 13.8 Å². The van der Waals surface area contributed by atoms with Gasteiger partial charge in [-0.2, -0.15) is 13.2 Å². The quantitative estimate of drug-likeness (QED) is 0.857. The van der Waals surface area contributed by atoms with Gasteiger partial charge in [0.1, 0.15) is 0 Å². The number of hydrogen-bond donors (Lipinski definition) is 2. The molecule has 0 amide bonds. The van der Waals surface area contributed by atoms with E-state index < -0.39 is 23.3 Å². The Morgan fingerprint density at radius 1 is 1.37 bits per heavy atom. The van der Waals surface area contributed by atoms with Crippen LogP contribution in [0.3, 0.4) is 0 Å². The zero-order valence-electron chi connectivity index (χ0n) is 10.7. The number of carbonyl (C=O) groups is 1. The fraction of sp³-hybridized carbons (Fsp3) is 0.462. The van der Waals surface area contributed by atoms with Gasteiger partial charge in [0, 0.05) is 12.2 Å². The van der Waals surface area contributed by atoms with Gasteiger partial charge in [0.05, 0.1) is 11.1 Å². The number of nitrogens with one attached hydrogen (secondary N) is 1. The second kappa shape index (κ2) is 5.95. The lowest BCUT2D eigenvalue weighted by Crippen LogP contribution is -2.14. The summed E-state index contributed by atoms with van der Waals surface area (Å²) in [5, 5.41) is 11.8. The lowest BCUT2D eigenvalue weighted by molar-refractivity contribution is -0.138. The maximum atomic E-state index is 12.6. The molecule has 0 aromatic heterocycles. The monoisotopic (exact) mass is 275 g/mol. The minimum absolute atomic E-state index is 0.381. The molecule has 3 nitrogen and oxygen atoms in total. The van der Waals surface area contributed by atoms with Gasteiger partial charge in [0.15, 0.2) is 0 Å². The van der Waals surface area contributed by atoms with Crippen LogP contribution in [0.1, 0.15) is 36.2 Å². The second-order valence-electron chi connectivity index (χ2n) is 4.67. The SMILES string of the molecule is CC(C)CCNc1ccc(C(F)(F)F)c(C(=O)O)c1. The number of benzene rings is 1. The van der Waals surface area contributed by atoms with E-state index in [2.05, 4.69) is 5.32 Å². The molecule has 0 aliphatic heterocycles. The van der Waals surface area contributed by atoms with E-state index in [0.717, 1.165) is 18.6 Å². The average Bonchev–Trinajstić information content (AvgIpc) is 2.26. The van der Waals surface area contributed by atoms with Gasteiger partial charge in [0.2, 0.25) is 0 Å². The molecule has 0 bridgehead atoms. The molecule has 0 spiro atoms. The van der Waals surface area contributed by atoms with E-state index in [1.54, 1.807) is 0 Å². The number of carboxylic acids is 1. The standard InChI is InChI=1S/C13H16F3NO2/c1-8(2)5-6-17-9-3-4-11(13(14,15)16)10(7-9)12(18)19/h3-4,7-8,17H,5-6H2,1-2H3,(H,18,19). The van der Waals surface area contributed by atoms with Crippen LogP contribution in [-0.2, 0) is 6.18 Å². The van der Waals surface area contributed by atoms with Crippen LogP contribution in [0.5, 0.6) is 0 Å². The highest BCUT2D eigenvalue weighted by Crippen LogP contribution is 2.33. The Morgan fingerprint density at radius 3 is 2.47 bits per heavy atom. The fourth-order valence-electron chi connectivity index (χ4n) is 1.58. The van der Waals surface area contributed by atoms with Crippen LogP contribution in [0.4, 0.5) is 18.9 Å². The Morgan fingerprint density at radius 2 is 2.00 bits per heavy atom. The van der Waals surface area contributed by atoms with Crippen molar-refractivity contribution in [3.8, 4) is 0 Å². The highest BCUT2D eigenvalue weighted by atomic mass is 19.4. The van der Waals surface area contributed by atoms with Crippen LogP contribution < -0.4 is 5.32 Å².